The molecule has 0 bridgehead atoms. The Hall–Kier alpha value is -3.03. The molecule has 3 N–H and O–H groups in total. The molecule has 1 fully saturated rings. The number of piperidine rings is 1. The van der Waals surface area contributed by atoms with Crippen molar-refractivity contribution < 1.29 is 29.3 Å². The second-order valence-corrected chi connectivity index (χ2v) is 7.94. The molecule has 2 heterocycles. The summed E-state index contributed by atoms with van der Waals surface area (Å²) in [5.41, 5.74) is 1.98. The molecule has 1 unspecified atom stereocenters. The van der Waals surface area contributed by atoms with Crippen LogP contribution in [0, 0.1) is 5.92 Å². The summed E-state index contributed by atoms with van der Waals surface area (Å²) in [6.45, 7) is 4.09. The zero-order chi connectivity index (χ0) is 22.0. The largest absolute Gasteiger partial charge is 0.508 e. The number of rotatable bonds is 6. The van der Waals surface area contributed by atoms with Gasteiger partial charge in [-0.05, 0) is 68.6 Å². The number of hydrogen-bond donors (Lipinski definition) is 3. The number of likely N-dealkylation sites (tertiary alicyclic amines) is 1. The Bertz CT molecular complexity index is 1070. The highest BCUT2D eigenvalue weighted by atomic mass is 16.5. The second-order valence-electron chi connectivity index (χ2n) is 7.94. The molecular formula is C24H27NO6. The number of aliphatic hydroxyl groups excluding tert-OH is 1. The van der Waals surface area contributed by atoms with Gasteiger partial charge in [0, 0.05) is 36.2 Å². The molecule has 1 aliphatic heterocycles. The quantitative estimate of drug-likeness (QED) is 0.515. The van der Waals surface area contributed by atoms with Crippen molar-refractivity contribution in [2.24, 2.45) is 5.92 Å². The van der Waals surface area contributed by atoms with Crippen LogP contribution in [0.2, 0.25) is 0 Å². The van der Waals surface area contributed by atoms with E-state index in [9.17, 15) is 20.1 Å². The normalized spacial score (nSPS) is 17.2. The van der Waals surface area contributed by atoms with E-state index in [2.05, 4.69) is 4.90 Å². The lowest BCUT2D eigenvalue weighted by molar-refractivity contribution is 0.0528. The number of aromatic hydroxyl groups is 2. The Morgan fingerprint density at radius 3 is 2.68 bits per heavy atom. The zero-order valence-electron chi connectivity index (χ0n) is 17.5. The number of hydrogen-bond acceptors (Lipinski definition) is 7. The first-order valence-corrected chi connectivity index (χ1v) is 10.6. The maximum Gasteiger partial charge on any atom is 0.342 e. The molecule has 0 aliphatic carbocycles. The fraction of sp³-hybridized carbons (Fsp3) is 0.375. The van der Waals surface area contributed by atoms with E-state index in [0.29, 0.717) is 34.4 Å². The van der Waals surface area contributed by atoms with Crippen LogP contribution in [0.1, 0.15) is 35.7 Å². The van der Waals surface area contributed by atoms with E-state index in [-0.39, 0.29) is 36.2 Å². The van der Waals surface area contributed by atoms with Gasteiger partial charge in [-0.1, -0.05) is 0 Å². The van der Waals surface area contributed by atoms with Gasteiger partial charge in [0.05, 0.1) is 6.61 Å². The lowest BCUT2D eigenvalue weighted by Crippen LogP contribution is -2.36. The van der Waals surface area contributed by atoms with Crippen LogP contribution >= 0.6 is 0 Å². The summed E-state index contributed by atoms with van der Waals surface area (Å²) < 4.78 is 11.4. The monoisotopic (exact) mass is 425 g/mol. The van der Waals surface area contributed by atoms with Crippen molar-refractivity contribution in [2.45, 2.75) is 26.3 Å². The van der Waals surface area contributed by atoms with Crippen LogP contribution < -0.4 is 0 Å². The van der Waals surface area contributed by atoms with Crippen molar-refractivity contribution in [3.05, 3.63) is 47.5 Å². The number of aliphatic hydroxyl groups is 1. The summed E-state index contributed by atoms with van der Waals surface area (Å²) in [6.07, 6.45) is 1.95. The summed E-state index contributed by atoms with van der Waals surface area (Å²) in [4.78, 5) is 15.2. The molecule has 164 valence electrons. The molecule has 31 heavy (non-hydrogen) atoms. The molecule has 2 aromatic carbocycles. The van der Waals surface area contributed by atoms with Crippen LogP contribution in [-0.4, -0.2) is 52.5 Å². The third-order valence-corrected chi connectivity index (χ3v) is 5.79. The highest BCUT2D eigenvalue weighted by Crippen LogP contribution is 2.40. The summed E-state index contributed by atoms with van der Waals surface area (Å²) in [5.74, 6) is 0.216. The number of benzene rings is 2. The maximum absolute atomic E-state index is 13.0. The smallest absolute Gasteiger partial charge is 0.342 e. The Labute approximate surface area is 180 Å². The molecule has 0 spiro atoms. The molecule has 0 saturated carbocycles. The van der Waals surface area contributed by atoms with Gasteiger partial charge in [0.2, 0.25) is 0 Å². The number of carbonyl (C=O) groups is 1. The van der Waals surface area contributed by atoms with E-state index < -0.39 is 5.97 Å². The fourth-order valence-electron chi connectivity index (χ4n) is 4.29. The van der Waals surface area contributed by atoms with Crippen LogP contribution in [0.15, 0.2) is 40.8 Å². The molecule has 7 nitrogen and oxygen atoms in total. The molecule has 7 heteroatoms. The topological polar surface area (TPSA) is 103 Å². The van der Waals surface area contributed by atoms with E-state index in [1.54, 1.807) is 31.2 Å². The average molecular weight is 425 g/mol. The summed E-state index contributed by atoms with van der Waals surface area (Å²) >= 11 is 0. The molecule has 1 atom stereocenters. The predicted octanol–water partition coefficient (Wildman–Crippen LogP) is 3.89. The summed E-state index contributed by atoms with van der Waals surface area (Å²) in [7, 11) is 0. The van der Waals surface area contributed by atoms with Gasteiger partial charge in [-0.3, -0.25) is 4.90 Å². The maximum atomic E-state index is 13.0. The molecule has 0 amide bonds. The van der Waals surface area contributed by atoms with E-state index in [4.69, 9.17) is 9.15 Å². The minimum Gasteiger partial charge on any atom is -0.508 e. The van der Waals surface area contributed by atoms with Gasteiger partial charge >= 0.3 is 5.97 Å². The number of furan rings is 1. The van der Waals surface area contributed by atoms with Crippen LogP contribution in [0.5, 0.6) is 11.5 Å². The van der Waals surface area contributed by atoms with Crippen molar-refractivity contribution in [2.75, 3.05) is 26.3 Å². The molecular weight excluding hydrogens is 398 g/mol. The predicted molar refractivity (Wildman–Crippen MR) is 116 cm³/mol. The van der Waals surface area contributed by atoms with Crippen LogP contribution in [0.3, 0.4) is 0 Å². The molecule has 1 saturated heterocycles. The van der Waals surface area contributed by atoms with Crippen LogP contribution in [-0.2, 0) is 11.3 Å². The van der Waals surface area contributed by atoms with Gasteiger partial charge in [0.1, 0.15) is 28.4 Å². The molecule has 0 radical (unpaired) electrons. The lowest BCUT2D eigenvalue weighted by Gasteiger charge is -2.32. The van der Waals surface area contributed by atoms with E-state index in [1.807, 2.05) is 0 Å². The first-order valence-electron chi connectivity index (χ1n) is 10.6. The SMILES string of the molecule is CCOC(=O)c1c(-c2ccc(O)cc2)oc2ccc(O)c(CN3CCCC(CO)C3)c12. The number of ether oxygens (including phenoxy) is 1. The molecule has 1 aromatic heterocycles. The standard InChI is InChI=1S/C24H27NO6/c1-2-30-24(29)22-21-18(13-25-11-3-4-15(12-25)14-26)19(28)9-10-20(21)31-23(22)16-5-7-17(27)8-6-16/h5-10,15,26-28H,2-4,11-14H2,1H3. The number of carbonyl (C=O) groups excluding carboxylic acids is 1. The third-order valence-electron chi connectivity index (χ3n) is 5.79. The van der Waals surface area contributed by atoms with E-state index in [0.717, 1.165) is 25.9 Å². The van der Waals surface area contributed by atoms with Gasteiger partial charge < -0.3 is 24.5 Å². The van der Waals surface area contributed by atoms with Crippen molar-refractivity contribution in [1.29, 1.82) is 0 Å². The van der Waals surface area contributed by atoms with Crippen LogP contribution in [0.4, 0.5) is 0 Å². The van der Waals surface area contributed by atoms with E-state index in [1.165, 1.54) is 12.1 Å². The number of fused-ring (bicyclic) bond motifs is 1. The lowest BCUT2D eigenvalue weighted by atomic mass is 9.96. The second kappa shape index (κ2) is 8.99. The molecule has 4 rings (SSSR count). The highest BCUT2D eigenvalue weighted by Gasteiger charge is 2.28. The third kappa shape index (κ3) is 4.24. The van der Waals surface area contributed by atoms with Gasteiger partial charge in [-0.2, -0.15) is 0 Å². The first-order chi connectivity index (χ1) is 15.0. The van der Waals surface area contributed by atoms with Crippen molar-refractivity contribution in [1.82, 2.24) is 4.90 Å². The fourth-order valence-corrected chi connectivity index (χ4v) is 4.29. The van der Waals surface area contributed by atoms with Gasteiger partial charge in [-0.25, -0.2) is 4.79 Å². The zero-order valence-corrected chi connectivity index (χ0v) is 17.5. The number of esters is 1. The first kappa shape index (κ1) is 21.2. The van der Waals surface area contributed by atoms with Crippen LogP contribution in [0.25, 0.3) is 22.3 Å². The minimum absolute atomic E-state index is 0.0854. The molecule has 1 aliphatic rings. The van der Waals surface area contributed by atoms with Gasteiger partial charge in [0.25, 0.3) is 0 Å². The van der Waals surface area contributed by atoms with Crippen molar-refractivity contribution in [3.63, 3.8) is 0 Å². The number of phenols is 2. The Kier molecular flexibility index (Phi) is 6.15. The molecule has 3 aromatic rings. The minimum atomic E-state index is -0.525. The number of nitrogens with zero attached hydrogens (tertiary/aromatic N) is 1. The summed E-state index contributed by atoms with van der Waals surface area (Å²) in [5, 5.41) is 30.4. The van der Waals surface area contributed by atoms with Crippen molar-refractivity contribution in [3.8, 4) is 22.8 Å². The average Bonchev–Trinajstić information content (AvgIpc) is 3.16. The van der Waals surface area contributed by atoms with Crippen molar-refractivity contribution >= 4 is 16.9 Å². The van der Waals surface area contributed by atoms with Gasteiger partial charge in [0.15, 0.2) is 0 Å². The Morgan fingerprint density at radius 2 is 1.97 bits per heavy atom. The highest BCUT2D eigenvalue weighted by molar-refractivity contribution is 6.10. The Morgan fingerprint density at radius 1 is 1.19 bits per heavy atom. The summed E-state index contributed by atoms with van der Waals surface area (Å²) in [6, 6.07) is 9.62. The van der Waals surface area contributed by atoms with E-state index >= 15 is 0 Å². The van der Waals surface area contributed by atoms with Gasteiger partial charge in [-0.15, -0.1) is 0 Å². The Balaban J connectivity index is 1.85. The number of phenolic OH excluding ortho intramolecular Hbond substituents is 2.